The van der Waals surface area contributed by atoms with Crippen LogP contribution in [0.2, 0.25) is 0 Å². The zero-order chi connectivity index (χ0) is 20.8. The topological polar surface area (TPSA) is 38.4 Å². The first-order valence-corrected chi connectivity index (χ1v) is 13.5. The highest BCUT2D eigenvalue weighted by atomic mass is 32.2. The Balaban J connectivity index is 1.38. The van der Waals surface area contributed by atoms with Gasteiger partial charge in [-0.05, 0) is 98.3 Å². The molecule has 5 aliphatic carbocycles. The number of thioether (sulfide) groups is 1. The van der Waals surface area contributed by atoms with Gasteiger partial charge in [0.15, 0.2) is 0 Å². The summed E-state index contributed by atoms with van der Waals surface area (Å²) in [6, 6.07) is 11.3. The van der Waals surface area contributed by atoms with Gasteiger partial charge in [-0.25, -0.2) is 0 Å². The number of rotatable bonds is 6. The molecule has 162 valence electrons. The summed E-state index contributed by atoms with van der Waals surface area (Å²) >= 11 is 8.34. The van der Waals surface area contributed by atoms with E-state index < -0.39 is 0 Å². The van der Waals surface area contributed by atoms with Crippen molar-refractivity contribution in [3.8, 4) is 0 Å². The molecule has 5 aliphatic rings. The number of hydrogen-bond donors (Lipinski definition) is 1. The van der Waals surface area contributed by atoms with Gasteiger partial charge in [-0.15, -0.1) is 0 Å². The number of aliphatic imine (C=N–C) groups is 1. The van der Waals surface area contributed by atoms with Crippen molar-refractivity contribution in [2.75, 3.05) is 12.3 Å². The van der Waals surface area contributed by atoms with Crippen LogP contribution in [0, 0.1) is 29.1 Å². The van der Waals surface area contributed by atoms with E-state index >= 15 is 0 Å². The van der Waals surface area contributed by atoms with Gasteiger partial charge in [0, 0.05) is 16.9 Å². The zero-order valence-corrected chi connectivity index (χ0v) is 19.9. The first-order chi connectivity index (χ1) is 14.6. The van der Waals surface area contributed by atoms with E-state index in [4.69, 9.17) is 22.9 Å². The van der Waals surface area contributed by atoms with E-state index in [1.165, 1.54) is 57.1 Å². The summed E-state index contributed by atoms with van der Waals surface area (Å²) in [5.41, 5.74) is 7.91. The second kappa shape index (κ2) is 8.33. The molecular formula is C26H36N2S2. The fraction of sp³-hybridized carbons (Fsp3) is 0.692. The Kier molecular flexibility index (Phi) is 5.87. The van der Waals surface area contributed by atoms with Crippen molar-refractivity contribution in [1.82, 2.24) is 0 Å². The average molecular weight is 441 g/mol. The number of nitrogens with zero attached hydrogens (tertiary/aromatic N) is 1. The monoisotopic (exact) mass is 440 g/mol. The maximum atomic E-state index is 6.14. The molecule has 0 heterocycles. The minimum absolute atomic E-state index is 0.159. The molecule has 4 bridgehead atoms. The Labute approximate surface area is 191 Å². The second-order valence-electron chi connectivity index (χ2n) is 10.5. The molecule has 2 nitrogen and oxygen atoms in total. The van der Waals surface area contributed by atoms with Gasteiger partial charge in [0.2, 0.25) is 0 Å². The Morgan fingerprint density at radius 1 is 1.17 bits per heavy atom. The maximum absolute atomic E-state index is 6.14. The highest BCUT2D eigenvalue weighted by Crippen LogP contribution is 2.73. The second-order valence-corrected chi connectivity index (χ2v) is 12.3. The number of benzene rings is 1. The lowest BCUT2D eigenvalue weighted by atomic mass is 9.63. The predicted molar refractivity (Wildman–Crippen MR) is 134 cm³/mol. The fourth-order valence-electron chi connectivity index (χ4n) is 7.61. The SMILES string of the molecule is CCSC1C2CC3(c4ccccc4)CC1C(C(=S)/N=C/C1CCC(CN)CC1)(C2)C3. The molecule has 30 heavy (non-hydrogen) atoms. The number of hydrogen-bond acceptors (Lipinski definition) is 3. The highest BCUT2D eigenvalue weighted by molar-refractivity contribution is 7.99. The van der Waals surface area contributed by atoms with Crippen LogP contribution in [-0.2, 0) is 5.41 Å². The molecule has 5 fully saturated rings. The Morgan fingerprint density at radius 3 is 2.63 bits per heavy atom. The third kappa shape index (κ3) is 3.42. The van der Waals surface area contributed by atoms with Crippen LogP contribution in [0.3, 0.4) is 0 Å². The van der Waals surface area contributed by atoms with E-state index in [2.05, 4.69) is 55.2 Å². The van der Waals surface area contributed by atoms with Gasteiger partial charge < -0.3 is 5.73 Å². The third-order valence-corrected chi connectivity index (χ3v) is 10.9. The molecule has 5 unspecified atom stereocenters. The quantitative estimate of drug-likeness (QED) is 0.433. The van der Waals surface area contributed by atoms with Crippen molar-refractivity contribution in [2.45, 2.75) is 69.0 Å². The summed E-state index contributed by atoms with van der Waals surface area (Å²) in [7, 11) is 0. The van der Waals surface area contributed by atoms with Gasteiger partial charge in [-0.3, -0.25) is 4.99 Å². The van der Waals surface area contributed by atoms with Crippen LogP contribution in [0.4, 0.5) is 0 Å². The molecule has 0 saturated heterocycles. The molecule has 0 aromatic heterocycles. The van der Waals surface area contributed by atoms with Crippen LogP contribution in [-0.4, -0.2) is 28.8 Å². The molecule has 5 atom stereocenters. The van der Waals surface area contributed by atoms with Crippen LogP contribution in [0.25, 0.3) is 0 Å². The van der Waals surface area contributed by atoms with Crippen molar-refractivity contribution < 1.29 is 0 Å². The van der Waals surface area contributed by atoms with E-state index in [0.717, 1.165) is 28.6 Å². The van der Waals surface area contributed by atoms with Crippen LogP contribution in [0.5, 0.6) is 0 Å². The van der Waals surface area contributed by atoms with E-state index in [-0.39, 0.29) is 5.41 Å². The first kappa shape index (κ1) is 21.2. The Hall–Kier alpha value is -0.710. The largest absolute Gasteiger partial charge is 0.330 e. The molecule has 1 aromatic rings. The zero-order valence-electron chi connectivity index (χ0n) is 18.3. The Bertz CT molecular complexity index is 801. The molecule has 0 amide bonds. The van der Waals surface area contributed by atoms with Gasteiger partial charge in [-0.2, -0.15) is 11.8 Å². The lowest BCUT2D eigenvalue weighted by Gasteiger charge is -2.43. The summed E-state index contributed by atoms with van der Waals surface area (Å²) < 4.78 is 0. The number of thiocarbonyl (C=S) groups is 1. The van der Waals surface area contributed by atoms with Gasteiger partial charge in [0.25, 0.3) is 0 Å². The van der Waals surface area contributed by atoms with Crippen molar-refractivity contribution in [2.24, 2.45) is 39.8 Å². The number of nitrogens with two attached hydrogens (primary N) is 1. The highest BCUT2D eigenvalue weighted by Gasteiger charge is 2.69. The molecule has 4 heteroatoms. The van der Waals surface area contributed by atoms with Crippen LogP contribution in [0.15, 0.2) is 35.3 Å². The summed E-state index contributed by atoms with van der Waals surface area (Å²) in [5.74, 6) is 4.04. The van der Waals surface area contributed by atoms with E-state index in [9.17, 15) is 0 Å². The Morgan fingerprint density at radius 2 is 1.93 bits per heavy atom. The van der Waals surface area contributed by atoms with Crippen LogP contribution < -0.4 is 5.73 Å². The third-order valence-electron chi connectivity index (χ3n) is 8.91. The summed E-state index contributed by atoms with van der Waals surface area (Å²) in [4.78, 5) is 6.09. The molecule has 0 radical (unpaired) electrons. The minimum atomic E-state index is 0.159. The standard InChI is InChI=1S/C26H36N2S2/c1-2-30-23-20-12-25(21-6-4-3-5-7-21)14-22(23)26(13-20,17-25)24(29)28-16-19-10-8-18(15-27)9-11-19/h3-7,16,18-20,22-23H,2,8-15,17,27H2,1H3/b28-16+. The first-order valence-electron chi connectivity index (χ1n) is 12.1. The maximum Gasteiger partial charge on any atom is 0.109 e. The molecular weight excluding hydrogens is 404 g/mol. The fourth-order valence-corrected chi connectivity index (χ4v) is 9.41. The predicted octanol–water partition coefficient (Wildman–Crippen LogP) is 6.03. The minimum Gasteiger partial charge on any atom is -0.330 e. The summed E-state index contributed by atoms with van der Waals surface area (Å²) in [5, 5.41) is 0.780. The van der Waals surface area contributed by atoms with E-state index in [1.807, 2.05) is 0 Å². The summed E-state index contributed by atoms with van der Waals surface area (Å²) in [6.45, 7) is 3.16. The van der Waals surface area contributed by atoms with Crippen molar-refractivity contribution in [3.05, 3.63) is 35.9 Å². The van der Waals surface area contributed by atoms with Crippen molar-refractivity contribution >= 4 is 35.2 Å². The van der Waals surface area contributed by atoms with Gasteiger partial charge in [0.05, 0.1) is 0 Å². The normalized spacial score (nSPS) is 42.3. The lowest BCUT2D eigenvalue weighted by molar-refractivity contribution is 0.221. The average Bonchev–Trinajstić information content (AvgIpc) is 3.16. The molecule has 0 aliphatic heterocycles. The van der Waals surface area contributed by atoms with Gasteiger partial charge in [0.1, 0.15) is 4.99 Å². The van der Waals surface area contributed by atoms with E-state index in [1.54, 1.807) is 5.56 Å². The smallest absolute Gasteiger partial charge is 0.109 e. The molecule has 0 spiro atoms. The van der Waals surface area contributed by atoms with Gasteiger partial charge in [-0.1, -0.05) is 49.5 Å². The summed E-state index contributed by atoms with van der Waals surface area (Å²) in [6.07, 6.45) is 12.4. The van der Waals surface area contributed by atoms with Crippen LogP contribution in [0.1, 0.15) is 63.9 Å². The van der Waals surface area contributed by atoms with E-state index in [0.29, 0.717) is 17.3 Å². The van der Waals surface area contributed by atoms with Crippen molar-refractivity contribution in [3.63, 3.8) is 0 Å². The van der Waals surface area contributed by atoms with Gasteiger partial charge >= 0.3 is 0 Å². The molecule has 2 N–H and O–H groups in total. The van der Waals surface area contributed by atoms with Crippen LogP contribution >= 0.6 is 24.0 Å². The molecule has 6 rings (SSSR count). The van der Waals surface area contributed by atoms with Crippen molar-refractivity contribution in [1.29, 1.82) is 0 Å². The molecule has 5 saturated carbocycles. The lowest BCUT2D eigenvalue weighted by Crippen LogP contribution is -2.38. The molecule has 1 aromatic carbocycles.